The molecule has 0 radical (unpaired) electrons. The molecule has 1 spiro atoms. The van der Waals surface area contributed by atoms with Crippen LogP contribution in [0.15, 0.2) is 42.5 Å². The van der Waals surface area contributed by atoms with Crippen LogP contribution >= 0.6 is 0 Å². The normalized spacial score (nSPS) is 34.5. The fourth-order valence-electron chi connectivity index (χ4n) is 6.71. The molecule has 8 nitrogen and oxygen atoms in total. The third-order valence-electron chi connectivity index (χ3n) is 8.27. The van der Waals surface area contributed by atoms with E-state index in [1.54, 1.807) is 4.90 Å². The molecule has 2 amide bonds. The number of aliphatic hydroxyl groups is 1. The molecule has 1 N–H and O–H groups in total. The van der Waals surface area contributed by atoms with Crippen LogP contribution in [0.2, 0.25) is 0 Å². The number of hydrogen-bond acceptors (Lipinski definition) is 6. The highest BCUT2D eigenvalue weighted by molar-refractivity contribution is 6.06. The molecule has 5 atom stereocenters. The Bertz CT molecular complexity index is 1140. The van der Waals surface area contributed by atoms with Gasteiger partial charge in [0.2, 0.25) is 5.91 Å². The Balaban J connectivity index is 1.65. The highest BCUT2D eigenvalue weighted by Crippen LogP contribution is 2.57. The summed E-state index contributed by atoms with van der Waals surface area (Å²) in [5.41, 5.74) is 0.302. The molecular formula is C29H36N2O6. The molecule has 198 valence electrons. The van der Waals surface area contributed by atoms with Crippen LogP contribution in [0.4, 0.5) is 5.69 Å². The molecule has 8 heteroatoms. The van der Waals surface area contributed by atoms with Gasteiger partial charge in [-0.15, -0.1) is 0 Å². The Morgan fingerprint density at radius 1 is 1.03 bits per heavy atom. The monoisotopic (exact) mass is 508 g/mol. The van der Waals surface area contributed by atoms with E-state index in [4.69, 9.17) is 9.47 Å². The Hall–Kier alpha value is -2.97. The number of carbonyl (C=O) groups is 3. The molecule has 5 rings (SSSR count). The van der Waals surface area contributed by atoms with Gasteiger partial charge in [-0.05, 0) is 57.6 Å². The van der Waals surface area contributed by atoms with E-state index < -0.39 is 35.0 Å². The number of esters is 1. The van der Waals surface area contributed by atoms with E-state index in [1.807, 2.05) is 63.3 Å². The average Bonchev–Trinajstić information content (AvgIpc) is 3.18. The predicted octanol–water partition coefficient (Wildman–Crippen LogP) is 2.84. The second-order valence-corrected chi connectivity index (χ2v) is 10.8. The minimum absolute atomic E-state index is 0.119. The van der Waals surface area contributed by atoms with E-state index in [9.17, 15) is 19.5 Å². The number of hydrogen-bond donors (Lipinski definition) is 1. The number of cyclic esters (lactones) is 1. The zero-order chi connectivity index (χ0) is 26.4. The van der Waals surface area contributed by atoms with Crippen LogP contribution in [0.25, 0.3) is 0 Å². The maximum Gasteiger partial charge on any atom is 0.313 e. The maximum atomic E-state index is 14.4. The van der Waals surface area contributed by atoms with E-state index in [1.165, 1.54) is 4.90 Å². The highest BCUT2D eigenvalue weighted by atomic mass is 16.6. The minimum atomic E-state index is -1.33. The summed E-state index contributed by atoms with van der Waals surface area (Å²) >= 11 is 0. The van der Waals surface area contributed by atoms with Gasteiger partial charge in [0.25, 0.3) is 5.91 Å². The van der Waals surface area contributed by atoms with E-state index in [-0.39, 0.29) is 25.0 Å². The van der Waals surface area contributed by atoms with Gasteiger partial charge < -0.3 is 24.4 Å². The third kappa shape index (κ3) is 4.01. The quantitative estimate of drug-likeness (QED) is 0.496. The number of para-hydroxylation sites is 1. The van der Waals surface area contributed by atoms with Gasteiger partial charge in [0, 0.05) is 25.4 Å². The van der Waals surface area contributed by atoms with Gasteiger partial charge in [0.1, 0.15) is 17.6 Å². The molecule has 4 aliphatic heterocycles. The summed E-state index contributed by atoms with van der Waals surface area (Å²) in [6.07, 6.45) is 10.4. The van der Waals surface area contributed by atoms with Crippen molar-refractivity contribution in [2.75, 3.05) is 31.2 Å². The Morgan fingerprint density at radius 2 is 1.78 bits per heavy atom. The molecule has 2 fully saturated rings. The summed E-state index contributed by atoms with van der Waals surface area (Å²) < 4.78 is 12.4. The van der Waals surface area contributed by atoms with Crippen LogP contribution in [-0.2, 0) is 23.9 Å². The molecule has 1 aromatic carbocycles. The molecule has 1 unspecified atom stereocenters. The first kappa shape index (κ1) is 25.7. The second-order valence-electron chi connectivity index (χ2n) is 10.8. The predicted molar refractivity (Wildman–Crippen MR) is 138 cm³/mol. The summed E-state index contributed by atoms with van der Waals surface area (Å²) in [6.45, 7) is 6.43. The van der Waals surface area contributed by atoms with Crippen molar-refractivity contribution in [1.82, 2.24) is 4.90 Å². The topological polar surface area (TPSA) is 96.4 Å². The number of aliphatic hydroxyl groups excluding tert-OH is 1. The molecule has 0 saturated carbocycles. The van der Waals surface area contributed by atoms with Crippen molar-refractivity contribution in [3.05, 3.63) is 53.6 Å². The molecule has 1 aromatic rings. The summed E-state index contributed by atoms with van der Waals surface area (Å²) in [4.78, 5) is 45.3. The van der Waals surface area contributed by atoms with E-state index in [0.717, 1.165) is 36.1 Å². The third-order valence-corrected chi connectivity index (χ3v) is 8.27. The summed E-state index contributed by atoms with van der Waals surface area (Å²) in [6, 6.07) is 4.92. The number of rotatable bonds is 4. The summed E-state index contributed by atoms with van der Waals surface area (Å²) in [7, 11) is 0. The number of amides is 2. The number of aryl methyl sites for hydroxylation is 2. The number of fused-ring (bicyclic) bond motifs is 2. The standard InChI is InChI=1S/C29H36N2O6/c1-19-11-8-12-20(2)23(19)30-15-9-14-29-21(25(33)31(16-10-17-32)24(29)26(30)34)22-27(35)36-18-7-5-4-6-13-28(22,3)37-29/h6,8-9,11-14,21-22,24,32H,4-5,7,10,15-18H2,1-3H3/b13-6-/t21-,22+,24?,28-,29-/m0/s1. The zero-order valence-electron chi connectivity index (χ0n) is 21.8. The van der Waals surface area contributed by atoms with Crippen molar-refractivity contribution in [3.63, 3.8) is 0 Å². The number of likely N-dealkylation sites (tertiary alicyclic amines) is 1. The number of nitrogens with zero attached hydrogens (tertiary/aromatic N) is 2. The Morgan fingerprint density at radius 3 is 2.51 bits per heavy atom. The lowest BCUT2D eigenvalue weighted by Crippen LogP contribution is -2.56. The second kappa shape index (κ2) is 9.72. The van der Waals surface area contributed by atoms with Crippen molar-refractivity contribution in [2.24, 2.45) is 11.8 Å². The first-order chi connectivity index (χ1) is 17.7. The first-order valence-electron chi connectivity index (χ1n) is 13.3. The smallest absolute Gasteiger partial charge is 0.313 e. The number of carbonyl (C=O) groups excluding carboxylic acids is 3. The highest BCUT2D eigenvalue weighted by Gasteiger charge is 2.74. The van der Waals surface area contributed by atoms with Crippen molar-refractivity contribution in [2.45, 2.75) is 63.7 Å². The van der Waals surface area contributed by atoms with Crippen molar-refractivity contribution < 1.29 is 29.0 Å². The lowest BCUT2D eigenvalue weighted by Gasteiger charge is -2.38. The zero-order valence-corrected chi connectivity index (χ0v) is 21.8. The van der Waals surface area contributed by atoms with Crippen molar-refractivity contribution in [1.29, 1.82) is 0 Å². The van der Waals surface area contributed by atoms with E-state index in [0.29, 0.717) is 19.6 Å². The van der Waals surface area contributed by atoms with Crippen molar-refractivity contribution >= 4 is 23.5 Å². The number of allylic oxidation sites excluding steroid dienone is 1. The van der Waals surface area contributed by atoms with E-state index >= 15 is 0 Å². The Kier molecular flexibility index (Phi) is 6.75. The van der Waals surface area contributed by atoms with Crippen LogP contribution in [0, 0.1) is 25.7 Å². The minimum Gasteiger partial charge on any atom is -0.465 e. The lowest BCUT2D eigenvalue weighted by molar-refractivity contribution is -0.158. The molecule has 4 heterocycles. The largest absolute Gasteiger partial charge is 0.465 e. The summed E-state index contributed by atoms with van der Waals surface area (Å²) in [5, 5.41) is 9.57. The van der Waals surface area contributed by atoms with Gasteiger partial charge in [-0.25, -0.2) is 0 Å². The van der Waals surface area contributed by atoms with Crippen LogP contribution in [0.3, 0.4) is 0 Å². The van der Waals surface area contributed by atoms with Gasteiger partial charge in [0.15, 0.2) is 0 Å². The van der Waals surface area contributed by atoms with Crippen LogP contribution in [-0.4, -0.2) is 71.3 Å². The van der Waals surface area contributed by atoms with Crippen molar-refractivity contribution in [3.8, 4) is 0 Å². The fourth-order valence-corrected chi connectivity index (χ4v) is 6.71. The van der Waals surface area contributed by atoms with Crippen LogP contribution < -0.4 is 4.90 Å². The fraction of sp³-hybridized carbons (Fsp3) is 0.552. The van der Waals surface area contributed by atoms with Gasteiger partial charge in [-0.3, -0.25) is 14.4 Å². The number of ether oxygens (including phenoxy) is 2. The van der Waals surface area contributed by atoms with Gasteiger partial charge in [-0.1, -0.05) is 42.5 Å². The molecule has 2 saturated heterocycles. The lowest BCUT2D eigenvalue weighted by atomic mass is 9.74. The number of benzene rings is 1. The maximum absolute atomic E-state index is 14.4. The molecular weight excluding hydrogens is 472 g/mol. The van der Waals surface area contributed by atoms with Crippen LogP contribution in [0.1, 0.15) is 43.7 Å². The van der Waals surface area contributed by atoms with Gasteiger partial charge >= 0.3 is 5.97 Å². The molecule has 0 bridgehead atoms. The average molecular weight is 509 g/mol. The molecule has 4 aliphatic rings. The number of anilines is 1. The van der Waals surface area contributed by atoms with Gasteiger partial charge in [0.05, 0.1) is 18.1 Å². The SMILES string of the molecule is Cc1cccc(C)c1N1CC=C[C@]23O[C@@]4(C)/C=C\CCCCOC(=O)[C@H]4[C@H]2C(=O)N(CCCO)C3C1=O. The molecule has 0 aromatic heterocycles. The van der Waals surface area contributed by atoms with E-state index in [2.05, 4.69) is 0 Å². The van der Waals surface area contributed by atoms with Crippen LogP contribution in [0.5, 0.6) is 0 Å². The Labute approximate surface area is 217 Å². The van der Waals surface area contributed by atoms with Gasteiger partial charge in [-0.2, -0.15) is 0 Å². The molecule has 0 aliphatic carbocycles. The molecule has 37 heavy (non-hydrogen) atoms. The summed E-state index contributed by atoms with van der Waals surface area (Å²) in [5.74, 6) is -2.82. The first-order valence-corrected chi connectivity index (χ1v) is 13.3.